The molecule has 0 aromatic heterocycles. The molecule has 1 fully saturated rings. The van der Waals surface area contributed by atoms with Gasteiger partial charge in [0.2, 0.25) is 11.8 Å². The first kappa shape index (κ1) is 29.8. The van der Waals surface area contributed by atoms with Crippen molar-refractivity contribution in [2.75, 3.05) is 25.1 Å². The number of nitrogens with one attached hydrogen (secondary N) is 3. The number of hydrogen-bond donors (Lipinski definition) is 5. The number of nitrogens with two attached hydrogens (primary N) is 2. The zero-order valence-electron chi connectivity index (χ0n) is 21.0. The lowest BCUT2D eigenvalue weighted by Crippen LogP contribution is -2.57. The van der Waals surface area contributed by atoms with Crippen LogP contribution < -0.4 is 27.4 Å². The Kier molecular flexibility index (Phi) is 11.6. The standard InChI is InChI=1S/C24H35ClFN7O4/c1-14(2)20(32-24(37)30-16-9-7-15(25)8-10-16)22(36)33-12-4-6-18(33)21(35)31-17(19(34)13-26)5-3-11-29-23(27)28/h7-10,14,17-18,20H,3-6,11-13H2,1-2H3,(H,31,35)(H4,27,28,29)(H2,30,32,37). The van der Waals surface area contributed by atoms with E-state index in [1.165, 1.54) is 4.90 Å². The van der Waals surface area contributed by atoms with Crippen LogP contribution in [0.5, 0.6) is 0 Å². The molecule has 0 bridgehead atoms. The summed E-state index contributed by atoms with van der Waals surface area (Å²) in [6, 6.07) is 3.11. The summed E-state index contributed by atoms with van der Waals surface area (Å²) in [6.45, 7) is 2.86. The smallest absolute Gasteiger partial charge is 0.319 e. The number of guanidine groups is 1. The summed E-state index contributed by atoms with van der Waals surface area (Å²) in [5, 5.41) is 8.44. The first-order chi connectivity index (χ1) is 17.5. The Balaban J connectivity index is 2.05. The van der Waals surface area contributed by atoms with E-state index in [1.807, 2.05) is 0 Å². The van der Waals surface area contributed by atoms with Crippen molar-refractivity contribution in [1.82, 2.24) is 15.5 Å². The van der Waals surface area contributed by atoms with Gasteiger partial charge in [-0.2, -0.15) is 0 Å². The van der Waals surface area contributed by atoms with Crippen LogP contribution in [-0.4, -0.2) is 72.4 Å². The first-order valence-corrected chi connectivity index (χ1v) is 12.5. The van der Waals surface area contributed by atoms with Gasteiger partial charge in [-0.15, -0.1) is 0 Å². The van der Waals surface area contributed by atoms with Crippen LogP contribution in [0.4, 0.5) is 14.9 Å². The van der Waals surface area contributed by atoms with Gasteiger partial charge in [0.05, 0.1) is 6.04 Å². The molecule has 2 rings (SSSR count). The predicted octanol–water partition coefficient (Wildman–Crippen LogP) is 1.55. The highest BCUT2D eigenvalue weighted by Gasteiger charge is 2.39. The fraction of sp³-hybridized carbons (Fsp3) is 0.542. The minimum absolute atomic E-state index is 0.104. The normalized spacial score (nSPS) is 16.6. The van der Waals surface area contributed by atoms with Gasteiger partial charge in [0.25, 0.3) is 0 Å². The van der Waals surface area contributed by atoms with Crippen LogP contribution in [-0.2, 0) is 14.4 Å². The third-order valence-electron chi connectivity index (χ3n) is 5.94. The van der Waals surface area contributed by atoms with E-state index >= 15 is 0 Å². The second-order valence-electron chi connectivity index (χ2n) is 9.13. The number of benzene rings is 1. The molecule has 37 heavy (non-hydrogen) atoms. The van der Waals surface area contributed by atoms with Crippen LogP contribution in [0.3, 0.4) is 0 Å². The van der Waals surface area contributed by atoms with E-state index in [0.29, 0.717) is 36.5 Å². The summed E-state index contributed by atoms with van der Waals surface area (Å²) in [5.41, 5.74) is 11.1. The maximum atomic E-state index is 13.4. The Hall–Kier alpha value is -3.41. The van der Waals surface area contributed by atoms with E-state index in [9.17, 15) is 23.6 Å². The summed E-state index contributed by atoms with van der Waals surface area (Å²) in [7, 11) is 0. The molecule has 11 nitrogen and oxygen atoms in total. The van der Waals surface area contributed by atoms with Crippen molar-refractivity contribution in [1.29, 1.82) is 0 Å². The lowest BCUT2D eigenvalue weighted by Gasteiger charge is -2.31. The first-order valence-electron chi connectivity index (χ1n) is 12.1. The van der Waals surface area contributed by atoms with Crippen LogP contribution in [0, 0.1) is 5.92 Å². The van der Waals surface area contributed by atoms with Crippen LogP contribution in [0.2, 0.25) is 5.02 Å². The Morgan fingerprint density at radius 3 is 2.43 bits per heavy atom. The van der Waals surface area contributed by atoms with Crippen LogP contribution in [0.25, 0.3) is 0 Å². The van der Waals surface area contributed by atoms with Gasteiger partial charge in [0.15, 0.2) is 11.7 Å². The molecule has 0 radical (unpaired) electrons. The summed E-state index contributed by atoms with van der Waals surface area (Å²) < 4.78 is 13.1. The average molecular weight is 540 g/mol. The number of hydrogen-bond acceptors (Lipinski definition) is 5. The number of anilines is 1. The zero-order valence-corrected chi connectivity index (χ0v) is 21.8. The third kappa shape index (κ3) is 9.19. The van der Waals surface area contributed by atoms with E-state index in [1.54, 1.807) is 38.1 Å². The second-order valence-corrected chi connectivity index (χ2v) is 9.56. The van der Waals surface area contributed by atoms with E-state index < -0.39 is 48.4 Å². The van der Waals surface area contributed by atoms with Gasteiger partial charge < -0.3 is 32.3 Å². The van der Waals surface area contributed by atoms with Crippen LogP contribution in [0.1, 0.15) is 39.5 Å². The minimum Gasteiger partial charge on any atom is -0.370 e. The van der Waals surface area contributed by atoms with Crippen LogP contribution in [0.15, 0.2) is 29.3 Å². The number of Topliss-reactive ketones (excluding diaryl/α,β-unsaturated/α-hetero) is 1. The van der Waals surface area contributed by atoms with Gasteiger partial charge in [-0.25, -0.2) is 9.18 Å². The molecule has 1 aliphatic rings. The number of likely N-dealkylation sites (tertiary alicyclic amines) is 1. The number of amides is 4. The summed E-state index contributed by atoms with van der Waals surface area (Å²) in [4.78, 5) is 56.3. The second kappa shape index (κ2) is 14.4. The van der Waals surface area contributed by atoms with E-state index in [4.69, 9.17) is 23.1 Å². The highest BCUT2D eigenvalue weighted by atomic mass is 35.5. The molecule has 13 heteroatoms. The van der Waals surface area contributed by atoms with E-state index in [2.05, 4.69) is 20.9 Å². The highest BCUT2D eigenvalue weighted by Crippen LogP contribution is 2.21. The number of rotatable bonds is 12. The monoisotopic (exact) mass is 539 g/mol. The molecular formula is C24H35ClFN7O4. The quantitative estimate of drug-likeness (QED) is 0.153. The fourth-order valence-electron chi connectivity index (χ4n) is 4.02. The molecule has 1 aromatic carbocycles. The van der Waals surface area contributed by atoms with Gasteiger partial charge in [0.1, 0.15) is 18.8 Å². The molecule has 7 N–H and O–H groups in total. The van der Waals surface area contributed by atoms with Crippen molar-refractivity contribution in [2.24, 2.45) is 22.4 Å². The lowest BCUT2D eigenvalue weighted by atomic mass is 10.0. The Bertz CT molecular complexity index is 986. The van der Waals surface area contributed by atoms with Crippen molar-refractivity contribution in [3.8, 4) is 0 Å². The third-order valence-corrected chi connectivity index (χ3v) is 6.19. The lowest BCUT2D eigenvalue weighted by molar-refractivity contribution is -0.141. The molecule has 1 heterocycles. The number of halogens is 2. The molecule has 1 aliphatic heterocycles. The fourth-order valence-corrected chi connectivity index (χ4v) is 4.14. The van der Waals surface area contributed by atoms with Gasteiger partial charge in [-0.05, 0) is 55.9 Å². The number of carbonyl (C=O) groups excluding carboxylic acids is 4. The van der Waals surface area contributed by atoms with Crippen LogP contribution >= 0.6 is 11.6 Å². The molecule has 204 valence electrons. The molecular weight excluding hydrogens is 505 g/mol. The van der Waals surface area contributed by atoms with Crippen molar-refractivity contribution in [2.45, 2.75) is 57.7 Å². The van der Waals surface area contributed by atoms with Gasteiger partial charge in [-0.3, -0.25) is 19.4 Å². The van der Waals surface area contributed by atoms with Crippen molar-refractivity contribution in [3.63, 3.8) is 0 Å². The minimum atomic E-state index is -1.23. The number of nitrogens with zero attached hydrogens (tertiary/aromatic N) is 2. The highest BCUT2D eigenvalue weighted by molar-refractivity contribution is 6.30. The Morgan fingerprint density at radius 1 is 1.16 bits per heavy atom. The molecule has 1 saturated heterocycles. The number of urea groups is 1. The summed E-state index contributed by atoms with van der Waals surface area (Å²) in [5.74, 6) is -2.11. The maximum absolute atomic E-state index is 13.4. The topological polar surface area (TPSA) is 172 Å². The Labute approximate surface area is 220 Å². The predicted molar refractivity (Wildman–Crippen MR) is 140 cm³/mol. The molecule has 0 spiro atoms. The molecule has 0 saturated carbocycles. The van der Waals surface area contributed by atoms with Crippen molar-refractivity contribution in [3.05, 3.63) is 29.3 Å². The number of ketones is 1. The summed E-state index contributed by atoms with van der Waals surface area (Å²) in [6.07, 6.45) is 1.44. The maximum Gasteiger partial charge on any atom is 0.319 e. The SMILES string of the molecule is CC(C)C(NC(=O)Nc1ccc(Cl)cc1)C(=O)N1CCCC1C(=O)NC(CCCN=C(N)N)C(=O)CF. The molecule has 3 unspecified atom stereocenters. The summed E-state index contributed by atoms with van der Waals surface area (Å²) >= 11 is 5.86. The zero-order chi connectivity index (χ0) is 27.5. The molecule has 4 amide bonds. The largest absolute Gasteiger partial charge is 0.370 e. The molecule has 1 aromatic rings. The van der Waals surface area contributed by atoms with Gasteiger partial charge >= 0.3 is 6.03 Å². The molecule has 0 aliphatic carbocycles. The van der Waals surface area contributed by atoms with E-state index in [-0.39, 0.29) is 24.8 Å². The number of alkyl halides is 1. The number of aliphatic imine (C=N–C) groups is 1. The number of carbonyl (C=O) groups is 4. The molecule has 3 atom stereocenters. The van der Waals surface area contributed by atoms with Crippen molar-refractivity contribution < 1.29 is 23.6 Å². The van der Waals surface area contributed by atoms with Gasteiger partial charge in [-0.1, -0.05) is 25.4 Å². The van der Waals surface area contributed by atoms with Gasteiger partial charge in [0, 0.05) is 23.8 Å². The average Bonchev–Trinajstić information content (AvgIpc) is 3.34. The Morgan fingerprint density at radius 2 is 1.84 bits per heavy atom. The van der Waals surface area contributed by atoms with E-state index in [0.717, 1.165) is 0 Å². The van der Waals surface area contributed by atoms with Crippen molar-refractivity contribution >= 4 is 46.9 Å².